The second-order valence-corrected chi connectivity index (χ2v) is 5.50. The number of fused-ring (bicyclic) bond motifs is 1. The second kappa shape index (κ2) is 5.45. The summed E-state index contributed by atoms with van der Waals surface area (Å²) in [5.74, 6) is -0.845. The lowest BCUT2D eigenvalue weighted by molar-refractivity contribution is -0.144. The number of carboxylic acid groups (broad SMARTS) is 1. The molecule has 1 aromatic heterocycles. The van der Waals surface area contributed by atoms with Crippen molar-refractivity contribution in [3.63, 3.8) is 0 Å². The van der Waals surface area contributed by atoms with Crippen LogP contribution in [-0.2, 0) is 11.2 Å². The number of aliphatic carboxylic acids is 1. The molecular formula is C17H19NO2. The van der Waals surface area contributed by atoms with E-state index in [0.717, 1.165) is 22.9 Å². The Hall–Kier alpha value is -2.16. The zero-order valence-corrected chi connectivity index (χ0v) is 12.1. The predicted molar refractivity (Wildman–Crippen MR) is 81.6 cm³/mol. The Balaban J connectivity index is 2.36. The third kappa shape index (κ3) is 3.05. The molecule has 20 heavy (non-hydrogen) atoms. The molecule has 2 aromatic rings. The monoisotopic (exact) mass is 269 g/mol. The van der Waals surface area contributed by atoms with Crippen molar-refractivity contribution in [3.8, 4) is 0 Å². The van der Waals surface area contributed by atoms with E-state index in [9.17, 15) is 4.79 Å². The van der Waals surface area contributed by atoms with Gasteiger partial charge in [0.15, 0.2) is 0 Å². The normalized spacial score (nSPS) is 12.2. The highest BCUT2D eigenvalue weighted by Gasteiger charge is 2.23. The average molecular weight is 269 g/mol. The number of nitrogens with zero attached hydrogens (tertiary/aromatic N) is 1. The summed E-state index contributed by atoms with van der Waals surface area (Å²) >= 11 is 0. The number of hydrogen-bond donors (Lipinski definition) is 1. The molecule has 3 nitrogen and oxygen atoms in total. The Kier molecular flexibility index (Phi) is 3.89. The van der Waals surface area contributed by atoms with Crippen molar-refractivity contribution >= 4 is 22.8 Å². The van der Waals surface area contributed by atoms with Gasteiger partial charge < -0.3 is 5.11 Å². The third-order valence-electron chi connectivity index (χ3n) is 3.44. The van der Waals surface area contributed by atoms with Gasteiger partial charge in [-0.25, -0.2) is 0 Å². The zero-order valence-electron chi connectivity index (χ0n) is 12.1. The van der Waals surface area contributed by atoms with Gasteiger partial charge in [0.25, 0.3) is 0 Å². The molecule has 104 valence electrons. The Morgan fingerprint density at radius 1 is 1.30 bits per heavy atom. The van der Waals surface area contributed by atoms with Crippen LogP contribution in [0.1, 0.15) is 32.0 Å². The van der Waals surface area contributed by atoms with Gasteiger partial charge in [0.2, 0.25) is 0 Å². The molecule has 0 aliphatic heterocycles. The summed E-state index contributed by atoms with van der Waals surface area (Å²) < 4.78 is 0. The maximum Gasteiger partial charge on any atom is 0.312 e. The minimum atomic E-state index is -0.887. The largest absolute Gasteiger partial charge is 0.481 e. The van der Waals surface area contributed by atoms with Crippen LogP contribution in [0.25, 0.3) is 16.8 Å². The van der Waals surface area contributed by atoms with E-state index in [2.05, 4.69) is 30.1 Å². The quantitative estimate of drug-likeness (QED) is 0.915. The first kappa shape index (κ1) is 14.3. The molecule has 1 N–H and O–H groups in total. The summed E-state index contributed by atoms with van der Waals surface area (Å²) in [6, 6.07) is 8.31. The van der Waals surface area contributed by atoms with E-state index in [1.165, 1.54) is 5.56 Å². The lowest BCUT2D eigenvalue weighted by atomic mass is 9.93. The van der Waals surface area contributed by atoms with Crippen LogP contribution in [-0.4, -0.2) is 16.1 Å². The highest BCUT2D eigenvalue weighted by atomic mass is 16.4. The number of benzene rings is 1. The highest BCUT2D eigenvalue weighted by Crippen LogP contribution is 2.21. The highest BCUT2D eigenvalue weighted by molar-refractivity contribution is 5.84. The molecule has 0 fully saturated rings. The van der Waals surface area contributed by atoms with Crippen LogP contribution in [0.5, 0.6) is 0 Å². The van der Waals surface area contributed by atoms with Crippen LogP contribution < -0.4 is 0 Å². The number of pyridine rings is 1. The van der Waals surface area contributed by atoms with Crippen molar-refractivity contribution < 1.29 is 9.90 Å². The first-order valence-corrected chi connectivity index (χ1v) is 6.73. The van der Waals surface area contributed by atoms with Crippen molar-refractivity contribution in [2.75, 3.05) is 0 Å². The molecule has 0 aliphatic carbocycles. The van der Waals surface area contributed by atoms with Gasteiger partial charge in [0, 0.05) is 11.6 Å². The Bertz CT molecular complexity index is 672. The molecule has 3 heteroatoms. The fourth-order valence-electron chi connectivity index (χ4n) is 1.88. The second-order valence-electron chi connectivity index (χ2n) is 5.50. The van der Waals surface area contributed by atoms with Crippen LogP contribution in [0.15, 0.2) is 36.5 Å². The number of rotatable bonds is 4. The fraction of sp³-hybridized carbons (Fsp3) is 0.294. The number of aromatic nitrogens is 1. The van der Waals surface area contributed by atoms with Gasteiger partial charge >= 0.3 is 5.97 Å². The van der Waals surface area contributed by atoms with Crippen LogP contribution in [0.2, 0.25) is 0 Å². The van der Waals surface area contributed by atoms with Gasteiger partial charge in [0.05, 0.1) is 11.1 Å². The van der Waals surface area contributed by atoms with Crippen molar-refractivity contribution in [2.45, 2.75) is 27.2 Å². The lowest BCUT2D eigenvalue weighted by Crippen LogP contribution is -2.20. The SMILES string of the molecule is CCc1ccc2cnc(/C=C/C(C)(C)C(=O)O)cc2c1. The van der Waals surface area contributed by atoms with Crippen molar-refractivity contribution in [3.05, 3.63) is 47.8 Å². The Morgan fingerprint density at radius 2 is 2.05 bits per heavy atom. The minimum absolute atomic E-state index is 0.778. The standard InChI is InChI=1S/C17H19NO2/c1-4-12-5-6-13-11-18-15(10-14(13)9-12)7-8-17(2,3)16(19)20/h5-11H,4H2,1-3H3,(H,19,20)/b8-7+. The predicted octanol–water partition coefficient (Wildman–Crippen LogP) is 3.92. The molecule has 0 spiro atoms. The molecule has 0 bridgehead atoms. The number of hydrogen-bond acceptors (Lipinski definition) is 2. The molecule has 0 aliphatic rings. The van der Waals surface area contributed by atoms with E-state index in [1.807, 2.05) is 12.3 Å². The Labute approximate surface area is 119 Å². The molecule has 1 aromatic carbocycles. The van der Waals surface area contributed by atoms with Crippen LogP contribution in [0.3, 0.4) is 0 Å². The molecule has 1 heterocycles. The van der Waals surface area contributed by atoms with Gasteiger partial charge in [-0.1, -0.05) is 31.2 Å². The third-order valence-corrected chi connectivity index (χ3v) is 3.44. The van der Waals surface area contributed by atoms with Crippen molar-refractivity contribution in [2.24, 2.45) is 5.41 Å². The topological polar surface area (TPSA) is 50.2 Å². The molecule has 0 radical (unpaired) electrons. The van der Waals surface area contributed by atoms with Crippen molar-refractivity contribution in [1.82, 2.24) is 4.98 Å². The number of carboxylic acids is 1. The molecule has 2 rings (SSSR count). The van der Waals surface area contributed by atoms with E-state index < -0.39 is 11.4 Å². The summed E-state index contributed by atoms with van der Waals surface area (Å²) in [6.45, 7) is 5.46. The molecule has 0 atom stereocenters. The van der Waals surface area contributed by atoms with Gasteiger partial charge in [0.1, 0.15) is 0 Å². The van der Waals surface area contributed by atoms with E-state index in [0.29, 0.717) is 0 Å². The van der Waals surface area contributed by atoms with Gasteiger partial charge in [-0.2, -0.15) is 0 Å². The first-order chi connectivity index (χ1) is 9.42. The van der Waals surface area contributed by atoms with Crippen molar-refractivity contribution in [1.29, 1.82) is 0 Å². The Morgan fingerprint density at radius 3 is 2.70 bits per heavy atom. The summed E-state index contributed by atoms with van der Waals surface area (Å²) in [6.07, 6.45) is 6.26. The van der Waals surface area contributed by atoms with Gasteiger partial charge in [-0.3, -0.25) is 9.78 Å². The number of carbonyl (C=O) groups is 1. The zero-order chi connectivity index (χ0) is 14.8. The average Bonchev–Trinajstić information content (AvgIpc) is 2.44. The maximum absolute atomic E-state index is 11.1. The molecular weight excluding hydrogens is 250 g/mol. The van der Waals surface area contributed by atoms with Crippen LogP contribution in [0.4, 0.5) is 0 Å². The maximum atomic E-state index is 11.1. The van der Waals surface area contributed by atoms with Crippen LogP contribution >= 0.6 is 0 Å². The summed E-state index contributed by atoms with van der Waals surface area (Å²) in [4.78, 5) is 15.4. The summed E-state index contributed by atoms with van der Waals surface area (Å²) in [7, 11) is 0. The summed E-state index contributed by atoms with van der Waals surface area (Å²) in [5, 5.41) is 11.3. The van der Waals surface area contributed by atoms with E-state index in [4.69, 9.17) is 5.11 Å². The molecule has 0 amide bonds. The minimum Gasteiger partial charge on any atom is -0.481 e. The fourth-order valence-corrected chi connectivity index (χ4v) is 1.88. The van der Waals surface area contributed by atoms with Gasteiger partial charge in [-0.05, 0) is 43.4 Å². The van der Waals surface area contributed by atoms with E-state index in [-0.39, 0.29) is 0 Å². The molecule has 0 saturated carbocycles. The van der Waals surface area contributed by atoms with E-state index >= 15 is 0 Å². The van der Waals surface area contributed by atoms with Gasteiger partial charge in [-0.15, -0.1) is 0 Å². The molecule has 0 saturated heterocycles. The number of aryl methyl sites for hydroxylation is 1. The summed E-state index contributed by atoms with van der Waals surface area (Å²) in [5.41, 5.74) is 1.17. The lowest BCUT2D eigenvalue weighted by Gasteiger charge is -2.12. The van der Waals surface area contributed by atoms with Crippen LogP contribution in [0, 0.1) is 5.41 Å². The first-order valence-electron chi connectivity index (χ1n) is 6.73. The smallest absolute Gasteiger partial charge is 0.312 e. The molecule has 0 unspecified atom stereocenters. The van der Waals surface area contributed by atoms with E-state index in [1.54, 1.807) is 26.0 Å².